The van der Waals surface area contributed by atoms with E-state index in [0.717, 1.165) is 3.57 Å². The molecule has 4 nitrogen and oxygen atoms in total. The maximum Gasteiger partial charge on any atom is 0.308 e. The van der Waals surface area contributed by atoms with E-state index in [-0.39, 0.29) is 6.42 Å². The van der Waals surface area contributed by atoms with Crippen LogP contribution in [0.1, 0.15) is 5.56 Å². The topological polar surface area (TPSA) is 59.4 Å². The fraction of sp³-hybridized carbons (Fsp3) is 0.250. The molecule has 1 heterocycles. The molecular formula is C8H8INO3. The zero-order valence-corrected chi connectivity index (χ0v) is 9.11. The van der Waals surface area contributed by atoms with Crippen molar-refractivity contribution in [3.05, 3.63) is 21.4 Å². The Morgan fingerprint density at radius 3 is 3.00 bits per heavy atom. The largest absolute Gasteiger partial charge is 0.481 e. The van der Waals surface area contributed by atoms with Crippen LogP contribution in [0.5, 0.6) is 5.88 Å². The van der Waals surface area contributed by atoms with Gasteiger partial charge in [0.2, 0.25) is 5.88 Å². The summed E-state index contributed by atoms with van der Waals surface area (Å²) in [4.78, 5) is 14.4. The normalized spacial score (nSPS) is 9.69. The van der Waals surface area contributed by atoms with Crippen molar-refractivity contribution in [2.75, 3.05) is 7.11 Å². The van der Waals surface area contributed by atoms with Crippen LogP contribution in [-0.2, 0) is 11.2 Å². The summed E-state index contributed by atoms with van der Waals surface area (Å²) in [5.74, 6) is -0.501. The highest BCUT2D eigenvalue weighted by Crippen LogP contribution is 2.21. The number of methoxy groups -OCH3 is 1. The minimum absolute atomic E-state index is 0.0602. The van der Waals surface area contributed by atoms with Gasteiger partial charge in [-0.3, -0.25) is 4.79 Å². The predicted octanol–water partition coefficient (Wildman–Crippen LogP) is 1.32. The van der Waals surface area contributed by atoms with Gasteiger partial charge in [-0.25, -0.2) is 4.98 Å². The summed E-state index contributed by atoms with van der Waals surface area (Å²) in [6, 6.07) is 1.75. The van der Waals surface area contributed by atoms with Gasteiger partial charge in [0.25, 0.3) is 0 Å². The third kappa shape index (κ3) is 2.55. The number of carboxylic acids is 1. The Balaban J connectivity index is 3.07. The summed E-state index contributed by atoms with van der Waals surface area (Å²) in [7, 11) is 1.48. The summed E-state index contributed by atoms with van der Waals surface area (Å²) in [6.45, 7) is 0. The summed E-state index contributed by atoms with van der Waals surface area (Å²) < 4.78 is 5.80. The molecular weight excluding hydrogens is 285 g/mol. The number of carbonyl (C=O) groups is 1. The van der Waals surface area contributed by atoms with Crippen molar-refractivity contribution in [3.8, 4) is 5.88 Å². The van der Waals surface area contributed by atoms with Gasteiger partial charge in [0, 0.05) is 15.3 Å². The second-order valence-electron chi connectivity index (χ2n) is 2.35. The Kier molecular flexibility index (Phi) is 3.47. The number of hydrogen-bond acceptors (Lipinski definition) is 3. The van der Waals surface area contributed by atoms with E-state index in [9.17, 15) is 4.79 Å². The number of rotatable bonds is 3. The quantitative estimate of drug-likeness (QED) is 0.854. The molecule has 0 saturated carbocycles. The number of aliphatic carboxylic acids is 1. The minimum Gasteiger partial charge on any atom is -0.481 e. The maximum atomic E-state index is 10.5. The molecule has 0 aliphatic rings. The smallest absolute Gasteiger partial charge is 0.308 e. The van der Waals surface area contributed by atoms with Crippen molar-refractivity contribution in [2.24, 2.45) is 0 Å². The molecule has 13 heavy (non-hydrogen) atoms. The Bertz CT molecular complexity index is 327. The van der Waals surface area contributed by atoms with Gasteiger partial charge in [-0.2, -0.15) is 0 Å². The van der Waals surface area contributed by atoms with Crippen LogP contribution in [-0.4, -0.2) is 23.2 Å². The van der Waals surface area contributed by atoms with Gasteiger partial charge >= 0.3 is 5.97 Å². The summed E-state index contributed by atoms with van der Waals surface area (Å²) >= 11 is 2.06. The van der Waals surface area contributed by atoms with Crippen LogP contribution in [0.3, 0.4) is 0 Å². The van der Waals surface area contributed by atoms with Gasteiger partial charge in [-0.05, 0) is 28.7 Å². The highest BCUT2D eigenvalue weighted by molar-refractivity contribution is 14.1. The lowest BCUT2D eigenvalue weighted by atomic mass is 10.2. The first-order valence-corrected chi connectivity index (χ1v) is 4.62. The first kappa shape index (κ1) is 10.2. The molecule has 5 heteroatoms. The van der Waals surface area contributed by atoms with E-state index in [0.29, 0.717) is 11.4 Å². The van der Waals surface area contributed by atoms with Gasteiger partial charge in [-0.15, -0.1) is 0 Å². The number of nitrogens with zero attached hydrogens (tertiary/aromatic N) is 1. The molecule has 70 valence electrons. The third-order valence-electron chi connectivity index (χ3n) is 1.48. The van der Waals surface area contributed by atoms with Crippen molar-refractivity contribution in [1.29, 1.82) is 0 Å². The number of carboxylic acid groups (broad SMARTS) is 1. The standard InChI is InChI=1S/C8H8INO3/c1-13-8-5(4-7(11)12)6(9)2-3-10-8/h2-3H,4H2,1H3,(H,11,12). The molecule has 0 fully saturated rings. The summed E-state index contributed by atoms with van der Waals surface area (Å²) in [6.07, 6.45) is 1.53. The summed E-state index contributed by atoms with van der Waals surface area (Å²) in [5, 5.41) is 8.62. The van der Waals surface area contributed by atoms with Crippen LogP contribution < -0.4 is 4.74 Å². The number of hydrogen-bond donors (Lipinski definition) is 1. The van der Waals surface area contributed by atoms with Crippen LogP contribution >= 0.6 is 22.6 Å². The third-order valence-corrected chi connectivity index (χ3v) is 2.49. The van der Waals surface area contributed by atoms with Crippen LogP contribution in [0.25, 0.3) is 0 Å². The SMILES string of the molecule is COc1nccc(I)c1CC(=O)O. The average molecular weight is 293 g/mol. The highest BCUT2D eigenvalue weighted by Gasteiger charge is 2.11. The van der Waals surface area contributed by atoms with Crippen LogP contribution in [0.2, 0.25) is 0 Å². The second-order valence-corrected chi connectivity index (χ2v) is 3.51. The molecule has 1 N–H and O–H groups in total. The van der Waals surface area contributed by atoms with Crippen molar-refractivity contribution < 1.29 is 14.6 Å². The van der Waals surface area contributed by atoms with Crippen LogP contribution in [0.4, 0.5) is 0 Å². The molecule has 0 radical (unpaired) electrons. The first-order chi connectivity index (χ1) is 6.15. The zero-order chi connectivity index (χ0) is 9.84. The number of halogens is 1. The van der Waals surface area contributed by atoms with Crippen molar-refractivity contribution >= 4 is 28.6 Å². The fourth-order valence-electron chi connectivity index (χ4n) is 0.938. The van der Waals surface area contributed by atoms with E-state index in [4.69, 9.17) is 9.84 Å². The molecule has 1 aromatic heterocycles. The Labute approximate surface area is 89.1 Å². The molecule has 0 aromatic carbocycles. The lowest BCUT2D eigenvalue weighted by molar-refractivity contribution is -0.136. The van der Waals surface area contributed by atoms with Gasteiger partial charge in [0.1, 0.15) is 0 Å². The molecule has 0 unspecified atom stereocenters. The van der Waals surface area contributed by atoms with Gasteiger partial charge in [0.05, 0.1) is 13.5 Å². The molecule has 0 atom stereocenters. The Hall–Kier alpha value is -0.850. The van der Waals surface area contributed by atoms with Crippen molar-refractivity contribution in [1.82, 2.24) is 4.98 Å². The van der Waals surface area contributed by atoms with Crippen molar-refractivity contribution in [2.45, 2.75) is 6.42 Å². The molecule has 1 aromatic rings. The van der Waals surface area contributed by atoms with Crippen LogP contribution in [0.15, 0.2) is 12.3 Å². The molecule has 1 rings (SSSR count). The molecule has 0 spiro atoms. The van der Waals surface area contributed by atoms with Gasteiger partial charge < -0.3 is 9.84 Å². The average Bonchev–Trinajstić information content (AvgIpc) is 2.08. The van der Waals surface area contributed by atoms with E-state index in [2.05, 4.69) is 27.6 Å². The molecule has 0 amide bonds. The van der Waals surface area contributed by atoms with Gasteiger partial charge in [-0.1, -0.05) is 0 Å². The molecule has 0 bridgehead atoms. The van der Waals surface area contributed by atoms with Crippen molar-refractivity contribution in [3.63, 3.8) is 0 Å². The molecule has 0 aliphatic heterocycles. The van der Waals surface area contributed by atoms with E-state index in [1.165, 1.54) is 7.11 Å². The number of aromatic nitrogens is 1. The van der Waals surface area contributed by atoms with E-state index >= 15 is 0 Å². The predicted molar refractivity (Wildman–Crippen MR) is 54.8 cm³/mol. The Morgan fingerprint density at radius 1 is 1.77 bits per heavy atom. The number of ether oxygens (including phenoxy) is 1. The monoisotopic (exact) mass is 293 g/mol. The highest BCUT2D eigenvalue weighted by atomic mass is 127. The maximum absolute atomic E-state index is 10.5. The van der Waals surface area contributed by atoms with Crippen LogP contribution in [0, 0.1) is 3.57 Å². The molecule has 0 aliphatic carbocycles. The van der Waals surface area contributed by atoms with E-state index in [1.54, 1.807) is 12.3 Å². The minimum atomic E-state index is -0.885. The van der Waals surface area contributed by atoms with Gasteiger partial charge in [0.15, 0.2) is 0 Å². The molecule has 0 saturated heterocycles. The lowest BCUT2D eigenvalue weighted by Gasteiger charge is -2.06. The van der Waals surface area contributed by atoms with E-state index in [1.807, 2.05) is 0 Å². The first-order valence-electron chi connectivity index (χ1n) is 3.54. The van der Waals surface area contributed by atoms with E-state index < -0.39 is 5.97 Å². The second kappa shape index (κ2) is 4.40. The number of pyridine rings is 1. The Morgan fingerprint density at radius 2 is 2.46 bits per heavy atom. The lowest BCUT2D eigenvalue weighted by Crippen LogP contribution is -2.05. The fourth-order valence-corrected chi connectivity index (χ4v) is 1.52. The summed E-state index contributed by atoms with van der Waals surface area (Å²) in [5.41, 5.74) is 0.623. The zero-order valence-electron chi connectivity index (χ0n) is 6.95.